The lowest BCUT2D eigenvalue weighted by atomic mass is 10.1. The first-order valence-corrected chi connectivity index (χ1v) is 5.25. The average Bonchev–Trinajstić information content (AvgIpc) is 2.65. The van der Waals surface area contributed by atoms with Crippen LogP contribution in [0.3, 0.4) is 0 Å². The molecule has 1 aliphatic carbocycles. The second kappa shape index (κ2) is 3.75. The Morgan fingerprint density at radius 2 is 2.17 bits per heavy atom. The van der Waals surface area contributed by atoms with Gasteiger partial charge in [0.15, 0.2) is 0 Å². The van der Waals surface area contributed by atoms with Crippen molar-refractivity contribution in [2.45, 2.75) is 38.1 Å². The maximum Gasteiger partial charge on any atom is 0.0431 e. The molecule has 1 aliphatic heterocycles. The highest BCUT2D eigenvalue weighted by atomic mass is 16.2. The Kier molecular flexibility index (Phi) is 2.66. The fourth-order valence-corrected chi connectivity index (χ4v) is 2.73. The number of hydrogen-bond acceptors (Lipinski definition) is 2. The molecule has 1 N–H and O–H groups in total. The van der Waals surface area contributed by atoms with Gasteiger partial charge in [0.2, 0.25) is 0 Å². The lowest BCUT2D eigenvalue weighted by Gasteiger charge is -2.26. The van der Waals surface area contributed by atoms with E-state index >= 15 is 0 Å². The van der Waals surface area contributed by atoms with Gasteiger partial charge >= 0.3 is 0 Å². The van der Waals surface area contributed by atoms with Crippen LogP contribution >= 0.6 is 0 Å². The number of unbranched alkanes of at least 4 members (excludes halogenated alkanes) is 1. The van der Waals surface area contributed by atoms with Crippen LogP contribution < -0.4 is 0 Å². The number of hydrogen-bond donors (Lipinski definition) is 1. The monoisotopic (exact) mass is 169 g/mol. The summed E-state index contributed by atoms with van der Waals surface area (Å²) >= 11 is 0. The van der Waals surface area contributed by atoms with Crippen LogP contribution in [-0.4, -0.2) is 35.7 Å². The van der Waals surface area contributed by atoms with Crippen LogP contribution in [0.15, 0.2) is 0 Å². The van der Waals surface area contributed by atoms with Crippen molar-refractivity contribution in [3.63, 3.8) is 0 Å². The summed E-state index contributed by atoms with van der Waals surface area (Å²) in [5.41, 5.74) is 0. The Morgan fingerprint density at radius 3 is 2.75 bits per heavy atom. The normalized spacial score (nSPS) is 34.8. The van der Waals surface area contributed by atoms with Crippen molar-refractivity contribution < 1.29 is 5.11 Å². The van der Waals surface area contributed by atoms with Gasteiger partial charge in [0.1, 0.15) is 0 Å². The highest BCUT2D eigenvalue weighted by molar-refractivity contribution is 4.91. The number of piperidine rings is 1. The summed E-state index contributed by atoms with van der Waals surface area (Å²) in [7, 11) is 0. The molecule has 2 bridgehead atoms. The molecule has 70 valence electrons. The molecule has 2 heteroatoms. The van der Waals surface area contributed by atoms with Gasteiger partial charge in [-0.1, -0.05) is 0 Å². The number of aliphatic hydroxyl groups excluding tert-OH is 1. The van der Waals surface area contributed by atoms with Crippen molar-refractivity contribution in [1.82, 2.24) is 4.90 Å². The van der Waals surface area contributed by atoms with Crippen LogP contribution in [0.4, 0.5) is 0 Å². The first-order chi connectivity index (χ1) is 5.90. The molecule has 0 spiro atoms. The zero-order valence-electron chi connectivity index (χ0n) is 7.71. The molecule has 1 saturated carbocycles. The molecule has 2 fully saturated rings. The van der Waals surface area contributed by atoms with Crippen molar-refractivity contribution in [3.8, 4) is 0 Å². The molecule has 12 heavy (non-hydrogen) atoms. The van der Waals surface area contributed by atoms with Crippen molar-refractivity contribution in [2.24, 2.45) is 5.92 Å². The summed E-state index contributed by atoms with van der Waals surface area (Å²) in [6.45, 7) is 2.93. The molecular weight excluding hydrogens is 150 g/mol. The Labute approximate surface area is 74.6 Å². The van der Waals surface area contributed by atoms with E-state index in [1.165, 1.54) is 38.8 Å². The molecule has 1 saturated heterocycles. The number of aliphatic hydroxyl groups is 1. The van der Waals surface area contributed by atoms with Gasteiger partial charge in [-0.25, -0.2) is 0 Å². The van der Waals surface area contributed by atoms with E-state index in [-0.39, 0.29) is 0 Å². The lowest BCUT2D eigenvalue weighted by molar-refractivity contribution is 0.200. The third-order valence-electron chi connectivity index (χ3n) is 3.38. The molecule has 0 aromatic heterocycles. The summed E-state index contributed by atoms with van der Waals surface area (Å²) in [4.78, 5) is 2.63. The van der Waals surface area contributed by atoms with Crippen LogP contribution in [0.5, 0.6) is 0 Å². The quantitative estimate of drug-likeness (QED) is 0.640. The van der Waals surface area contributed by atoms with Gasteiger partial charge in [-0.2, -0.15) is 0 Å². The van der Waals surface area contributed by atoms with Gasteiger partial charge in [0.25, 0.3) is 0 Å². The smallest absolute Gasteiger partial charge is 0.0431 e. The van der Waals surface area contributed by atoms with Gasteiger partial charge in [0, 0.05) is 19.2 Å². The second-order valence-corrected chi connectivity index (χ2v) is 4.26. The Hall–Kier alpha value is -0.0800. The number of fused-ring (bicyclic) bond motifs is 2. The van der Waals surface area contributed by atoms with E-state index in [2.05, 4.69) is 4.90 Å². The summed E-state index contributed by atoms with van der Waals surface area (Å²) < 4.78 is 0. The Bertz CT molecular complexity index is 149. The highest BCUT2D eigenvalue weighted by Crippen LogP contribution is 2.37. The maximum absolute atomic E-state index is 8.65. The summed E-state index contributed by atoms with van der Waals surface area (Å²) in [5.74, 6) is 1.02. The zero-order chi connectivity index (χ0) is 8.39. The number of likely N-dealkylation sites (tertiary alicyclic amines) is 1. The first-order valence-electron chi connectivity index (χ1n) is 5.25. The average molecular weight is 169 g/mol. The second-order valence-electron chi connectivity index (χ2n) is 4.26. The van der Waals surface area contributed by atoms with Crippen LogP contribution in [-0.2, 0) is 0 Å². The molecule has 1 heterocycles. The van der Waals surface area contributed by atoms with Crippen molar-refractivity contribution in [2.75, 3.05) is 19.7 Å². The molecule has 2 aliphatic rings. The standard InChI is InChI=1S/C10H19NO/c12-6-2-1-5-11-8-9-3-4-10(11)7-9/h9-10,12H,1-8H2. The van der Waals surface area contributed by atoms with E-state index in [0.29, 0.717) is 6.61 Å². The van der Waals surface area contributed by atoms with Gasteiger partial charge in [-0.15, -0.1) is 0 Å². The highest BCUT2D eigenvalue weighted by Gasteiger charge is 2.36. The van der Waals surface area contributed by atoms with Gasteiger partial charge in [-0.3, -0.25) is 0 Å². The molecule has 2 unspecified atom stereocenters. The first kappa shape index (κ1) is 8.52. The van der Waals surface area contributed by atoms with E-state index in [4.69, 9.17) is 5.11 Å². The van der Waals surface area contributed by atoms with E-state index in [0.717, 1.165) is 18.4 Å². The molecule has 0 aromatic rings. The third-order valence-corrected chi connectivity index (χ3v) is 3.38. The van der Waals surface area contributed by atoms with Crippen LogP contribution in [0.1, 0.15) is 32.1 Å². The fourth-order valence-electron chi connectivity index (χ4n) is 2.73. The van der Waals surface area contributed by atoms with Crippen molar-refractivity contribution >= 4 is 0 Å². The summed E-state index contributed by atoms with van der Waals surface area (Å²) in [6.07, 6.45) is 6.53. The lowest BCUT2D eigenvalue weighted by Crippen LogP contribution is -2.32. The van der Waals surface area contributed by atoms with Gasteiger partial charge < -0.3 is 10.0 Å². The largest absolute Gasteiger partial charge is 0.396 e. The topological polar surface area (TPSA) is 23.5 Å². The maximum atomic E-state index is 8.65. The van der Waals surface area contributed by atoms with Crippen molar-refractivity contribution in [1.29, 1.82) is 0 Å². The van der Waals surface area contributed by atoms with Gasteiger partial charge in [0.05, 0.1) is 0 Å². The van der Waals surface area contributed by atoms with E-state index < -0.39 is 0 Å². The minimum absolute atomic E-state index is 0.363. The molecule has 2 nitrogen and oxygen atoms in total. The zero-order valence-corrected chi connectivity index (χ0v) is 7.71. The fraction of sp³-hybridized carbons (Fsp3) is 1.00. The van der Waals surface area contributed by atoms with E-state index in [1.807, 2.05) is 0 Å². The summed E-state index contributed by atoms with van der Waals surface area (Å²) in [5, 5.41) is 8.65. The van der Waals surface area contributed by atoms with E-state index in [1.54, 1.807) is 0 Å². The predicted octanol–water partition coefficient (Wildman–Crippen LogP) is 1.24. The van der Waals surface area contributed by atoms with Crippen LogP contribution in [0, 0.1) is 5.92 Å². The van der Waals surface area contributed by atoms with Crippen molar-refractivity contribution in [3.05, 3.63) is 0 Å². The Morgan fingerprint density at radius 1 is 1.25 bits per heavy atom. The molecule has 2 rings (SSSR count). The molecule has 0 radical (unpaired) electrons. The molecular formula is C10H19NO. The van der Waals surface area contributed by atoms with Crippen LogP contribution in [0.25, 0.3) is 0 Å². The van der Waals surface area contributed by atoms with E-state index in [9.17, 15) is 0 Å². The molecule has 2 atom stereocenters. The number of rotatable bonds is 4. The SMILES string of the molecule is OCCCCN1CC2CCC1C2. The third kappa shape index (κ3) is 1.64. The van der Waals surface area contributed by atoms with Crippen LogP contribution in [0.2, 0.25) is 0 Å². The predicted molar refractivity (Wildman–Crippen MR) is 49.0 cm³/mol. The molecule has 0 amide bonds. The minimum Gasteiger partial charge on any atom is -0.396 e. The van der Waals surface area contributed by atoms with Gasteiger partial charge in [-0.05, 0) is 44.6 Å². The summed E-state index contributed by atoms with van der Waals surface area (Å²) in [6, 6.07) is 0.911. The molecule has 0 aromatic carbocycles. The minimum atomic E-state index is 0.363. The Balaban J connectivity index is 1.69. The number of nitrogens with zero attached hydrogens (tertiary/aromatic N) is 1.